The summed E-state index contributed by atoms with van der Waals surface area (Å²) in [5.74, 6) is 1.19. The summed E-state index contributed by atoms with van der Waals surface area (Å²) in [4.78, 5) is 20.1. The smallest absolute Gasteiger partial charge is 0.206 e. The molecule has 0 aliphatic rings. The topological polar surface area (TPSA) is 86.6 Å². The molecule has 0 saturated heterocycles. The Bertz CT molecular complexity index is 657. The van der Waals surface area contributed by atoms with Gasteiger partial charge in [0.15, 0.2) is 0 Å². The van der Waals surface area contributed by atoms with E-state index in [0.717, 1.165) is 0 Å². The van der Waals surface area contributed by atoms with Crippen LogP contribution in [0, 0.1) is 0 Å². The number of ether oxygens (including phenoxy) is 3. The van der Waals surface area contributed by atoms with Crippen LogP contribution in [0.3, 0.4) is 0 Å². The molecule has 7 nitrogen and oxygen atoms in total. The van der Waals surface area contributed by atoms with Crippen molar-refractivity contribution in [3.8, 4) is 11.5 Å². The third kappa shape index (κ3) is 8.15. The molecule has 2 aromatic rings. The lowest BCUT2D eigenvalue weighted by Crippen LogP contribution is -2.16. The van der Waals surface area contributed by atoms with E-state index in [1.54, 1.807) is 24.3 Å². The molecule has 0 heterocycles. The van der Waals surface area contributed by atoms with E-state index in [4.69, 9.17) is 23.3 Å². The quantitative estimate of drug-likeness (QED) is 0.344. The van der Waals surface area contributed by atoms with Crippen molar-refractivity contribution in [2.45, 2.75) is 13.8 Å². The van der Waals surface area contributed by atoms with E-state index in [-0.39, 0.29) is 0 Å². The van der Waals surface area contributed by atoms with Gasteiger partial charge in [-0.15, -0.1) is 0 Å². The second-order valence-electron chi connectivity index (χ2n) is 5.63. The Morgan fingerprint density at radius 3 is 1.48 bits per heavy atom. The highest BCUT2D eigenvalue weighted by molar-refractivity contribution is 7.55. The van der Waals surface area contributed by atoms with Crippen molar-refractivity contribution in [2.75, 3.05) is 39.6 Å². The van der Waals surface area contributed by atoms with Crippen LogP contribution < -0.4 is 20.1 Å². The number of para-hydroxylation sites is 2. The summed E-state index contributed by atoms with van der Waals surface area (Å²) in [5, 5.41) is 1.30. The van der Waals surface area contributed by atoms with Gasteiger partial charge in [-0.2, -0.15) is 0 Å². The zero-order chi connectivity index (χ0) is 20.9. The molecule has 2 unspecified atom stereocenters. The highest BCUT2D eigenvalue weighted by Gasteiger charge is 2.15. The minimum atomic E-state index is -1.68. The Labute approximate surface area is 174 Å². The zero-order valence-corrected chi connectivity index (χ0v) is 18.5. The molecular formula is C20H28O7P2. The molecule has 0 fully saturated rings. The first-order chi connectivity index (χ1) is 14.2. The van der Waals surface area contributed by atoms with Crippen LogP contribution in [0.25, 0.3) is 0 Å². The lowest BCUT2D eigenvalue weighted by Gasteiger charge is -2.16. The van der Waals surface area contributed by atoms with E-state index in [1.807, 2.05) is 38.1 Å². The van der Waals surface area contributed by atoms with Crippen LogP contribution >= 0.6 is 16.8 Å². The van der Waals surface area contributed by atoms with Crippen LogP contribution in [0.4, 0.5) is 0 Å². The molecule has 2 atom stereocenters. The maximum Gasteiger partial charge on any atom is 0.206 e. The van der Waals surface area contributed by atoms with Crippen LogP contribution in [-0.4, -0.2) is 49.4 Å². The minimum Gasteiger partial charge on any atom is -0.490 e. The average Bonchev–Trinajstić information content (AvgIpc) is 2.74. The molecule has 0 aromatic heterocycles. The fourth-order valence-electron chi connectivity index (χ4n) is 2.38. The second kappa shape index (κ2) is 13.8. The van der Waals surface area contributed by atoms with E-state index >= 15 is 0 Å². The Kier molecular flexibility index (Phi) is 11.4. The summed E-state index contributed by atoms with van der Waals surface area (Å²) in [6.45, 7) is 5.98. The number of hydrogen-bond acceptors (Lipinski definition) is 7. The van der Waals surface area contributed by atoms with Gasteiger partial charge in [0.25, 0.3) is 0 Å². The number of benzene rings is 2. The summed E-state index contributed by atoms with van der Waals surface area (Å²) in [5.41, 5.74) is 0. The number of rotatable bonds is 14. The van der Waals surface area contributed by atoms with Gasteiger partial charge in [0.2, 0.25) is 16.8 Å². The average molecular weight is 442 g/mol. The van der Waals surface area contributed by atoms with E-state index in [0.29, 0.717) is 61.7 Å². The maximum absolute atomic E-state index is 10.1. The van der Waals surface area contributed by atoms with Gasteiger partial charge >= 0.3 is 0 Å². The van der Waals surface area contributed by atoms with Gasteiger partial charge in [-0.1, -0.05) is 24.3 Å². The molecule has 0 amide bonds. The summed E-state index contributed by atoms with van der Waals surface area (Å²) in [6.07, 6.45) is 0. The molecule has 9 heteroatoms. The molecule has 0 saturated carbocycles. The van der Waals surface area contributed by atoms with Crippen LogP contribution in [0.1, 0.15) is 13.8 Å². The monoisotopic (exact) mass is 442 g/mol. The van der Waals surface area contributed by atoms with E-state index < -0.39 is 16.8 Å². The van der Waals surface area contributed by atoms with Gasteiger partial charge in [-0.3, -0.25) is 0 Å². The molecule has 2 N–H and O–H groups in total. The third-order valence-electron chi connectivity index (χ3n) is 3.62. The molecule has 0 aliphatic heterocycles. The Hall–Kier alpha value is -1.30. The molecule has 0 radical (unpaired) electrons. The van der Waals surface area contributed by atoms with Crippen molar-refractivity contribution in [1.82, 2.24) is 0 Å². The maximum atomic E-state index is 10.1. The van der Waals surface area contributed by atoms with Gasteiger partial charge in [-0.25, -0.2) is 0 Å². The molecule has 2 rings (SSSR count). The van der Waals surface area contributed by atoms with Crippen LogP contribution in [-0.2, 0) is 13.8 Å². The van der Waals surface area contributed by atoms with Crippen molar-refractivity contribution in [3.05, 3.63) is 48.5 Å². The SMILES string of the molecule is CCOP(O)c1ccccc1OCCOCCOc1ccccc1P(O)OCC. The van der Waals surface area contributed by atoms with Crippen molar-refractivity contribution >= 4 is 27.4 Å². The second-order valence-corrected chi connectivity index (χ2v) is 8.20. The largest absolute Gasteiger partial charge is 0.490 e. The Morgan fingerprint density at radius 1 is 0.655 bits per heavy atom. The summed E-state index contributed by atoms with van der Waals surface area (Å²) >= 11 is 0. The molecule has 2 aromatic carbocycles. The molecule has 160 valence electrons. The molecular weight excluding hydrogens is 414 g/mol. The van der Waals surface area contributed by atoms with E-state index in [1.165, 1.54) is 0 Å². The third-order valence-corrected chi connectivity index (χ3v) is 6.18. The zero-order valence-electron chi connectivity index (χ0n) is 16.7. The standard InChI is InChI=1S/C20H28O7P2/c1-3-26-28(21)19-11-7-5-9-17(19)24-15-13-23-14-16-25-18-10-6-8-12-20(18)29(22)27-4-2/h5-12,21-22H,3-4,13-16H2,1-2H3. The molecule has 0 spiro atoms. The van der Waals surface area contributed by atoms with Gasteiger partial charge in [0.05, 0.1) is 37.0 Å². The lowest BCUT2D eigenvalue weighted by molar-refractivity contribution is 0.0768. The van der Waals surface area contributed by atoms with Gasteiger partial charge < -0.3 is 33.0 Å². The fourth-order valence-corrected chi connectivity index (χ4v) is 4.23. The Balaban J connectivity index is 1.70. The predicted molar refractivity (Wildman–Crippen MR) is 115 cm³/mol. The van der Waals surface area contributed by atoms with Crippen molar-refractivity contribution in [2.24, 2.45) is 0 Å². The first-order valence-corrected chi connectivity index (χ1v) is 11.8. The lowest BCUT2D eigenvalue weighted by atomic mass is 10.3. The normalized spacial score (nSPS) is 13.1. The summed E-state index contributed by atoms with van der Waals surface area (Å²) in [6, 6.07) is 14.5. The minimum absolute atomic E-state index is 0.342. The molecule has 0 aliphatic carbocycles. The number of hydrogen-bond donors (Lipinski definition) is 2. The molecule has 29 heavy (non-hydrogen) atoms. The van der Waals surface area contributed by atoms with Gasteiger partial charge in [0.1, 0.15) is 24.7 Å². The first kappa shape index (κ1) is 24.0. The fraction of sp³-hybridized carbons (Fsp3) is 0.400. The Morgan fingerprint density at radius 2 is 1.07 bits per heavy atom. The van der Waals surface area contributed by atoms with Crippen molar-refractivity contribution < 1.29 is 33.0 Å². The van der Waals surface area contributed by atoms with Crippen LogP contribution in [0.2, 0.25) is 0 Å². The van der Waals surface area contributed by atoms with Crippen LogP contribution in [0.5, 0.6) is 11.5 Å². The van der Waals surface area contributed by atoms with E-state index in [2.05, 4.69) is 0 Å². The predicted octanol–water partition coefficient (Wildman–Crippen LogP) is 3.09. The van der Waals surface area contributed by atoms with Gasteiger partial charge in [0, 0.05) is 0 Å². The molecule has 0 bridgehead atoms. The van der Waals surface area contributed by atoms with Crippen LogP contribution in [0.15, 0.2) is 48.5 Å². The highest BCUT2D eigenvalue weighted by atomic mass is 31.2. The van der Waals surface area contributed by atoms with Gasteiger partial charge in [-0.05, 0) is 38.1 Å². The van der Waals surface area contributed by atoms with E-state index in [9.17, 15) is 9.79 Å². The highest BCUT2D eigenvalue weighted by Crippen LogP contribution is 2.35. The first-order valence-electron chi connectivity index (χ1n) is 9.42. The van der Waals surface area contributed by atoms with Crippen molar-refractivity contribution in [1.29, 1.82) is 0 Å². The van der Waals surface area contributed by atoms with Crippen molar-refractivity contribution in [3.63, 3.8) is 0 Å². The summed E-state index contributed by atoms with van der Waals surface area (Å²) in [7, 11) is -3.36. The summed E-state index contributed by atoms with van der Waals surface area (Å²) < 4.78 is 27.5.